The monoisotopic (exact) mass is 170 g/mol. The van der Waals surface area contributed by atoms with E-state index in [-0.39, 0.29) is 6.08 Å². The number of ether oxygens (including phenoxy) is 1. The van der Waals surface area contributed by atoms with Crippen LogP contribution in [-0.4, -0.2) is 24.0 Å². The van der Waals surface area contributed by atoms with Gasteiger partial charge in [-0.3, -0.25) is 0 Å². The lowest BCUT2D eigenvalue weighted by molar-refractivity contribution is -0.0803. The highest BCUT2D eigenvalue weighted by molar-refractivity contribution is 5.56. The van der Waals surface area contributed by atoms with Crippen LogP contribution >= 0.6 is 0 Å². The third kappa shape index (κ3) is 8.80. The molecule has 0 radical (unpaired) electrons. The normalized spacial score (nSPS) is 11.9. The first-order valence-corrected chi connectivity index (χ1v) is 2.52. The SMILES string of the molecule is O=C(O)OCC=CC(F)(F)F. The van der Waals surface area contributed by atoms with Crippen LogP contribution < -0.4 is 0 Å². The summed E-state index contributed by atoms with van der Waals surface area (Å²) in [5, 5.41) is 7.81. The fourth-order valence-electron chi connectivity index (χ4n) is 0.301. The van der Waals surface area contributed by atoms with Crippen LogP contribution in [0.15, 0.2) is 12.2 Å². The molecule has 0 heterocycles. The van der Waals surface area contributed by atoms with Gasteiger partial charge in [-0.15, -0.1) is 0 Å². The maximum absolute atomic E-state index is 11.3. The third-order valence-electron chi connectivity index (χ3n) is 0.610. The minimum absolute atomic E-state index is 0.0874. The average molecular weight is 170 g/mol. The molecule has 1 N–H and O–H groups in total. The second-order valence-electron chi connectivity index (χ2n) is 1.52. The molecule has 0 saturated carbocycles. The van der Waals surface area contributed by atoms with E-state index in [2.05, 4.69) is 4.74 Å². The van der Waals surface area contributed by atoms with Gasteiger partial charge in [-0.1, -0.05) is 0 Å². The van der Waals surface area contributed by atoms with Crippen molar-refractivity contribution < 1.29 is 27.8 Å². The molecule has 0 aliphatic rings. The Labute approximate surface area is 60.1 Å². The van der Waals surface area contributed by atoms with Crippen molar-refractivity contribution in [3.05, 3.63) is 12.2 Å². The Morgan fingerprint density at radius 1 is 1.55 bits per heavy atom. The molecule has 0 aromatic heterocycles. The topological polar surface area (TPSA) is 46.5 Å². The lowest BCUT2D eigenvalue weighted by Crippen LogP contribution is -2.03. The molecule has 11 heavy (non-hydrogen) atoms. The molecule has 6 heteroatoms. The fourth-order valence-corrected chi connectivity index (χ4v) is 0.301. The maximum Gasteiger partial charge on any atom is 0.506 e. The first-order chi connectivity index (χ1) is 4.92. The summed E-state index contributed by atoms with van der Waals surface area (Å²) in [6.07, 6.45) is -5.52. The van der Waals surface area contributed by atoms with Crippen molar-refractivity contribution in [3.63, 3.8) is 0 Å². The Morgan fingerprint density at radius 3 is 2.45 bits per heavy atom. The quantitative estimate of drug-likeness (QED) is 0.507. The zero-order chi connectivity index (χ0) is 8.91. The van der Waals surface area contributed by atoms with Crippen molar-refractivity contribution in [2.45, 2.75) is 6.18 Å². The lowest BCUT2D eigenvalue weighted by Gasteiger charge is -1.97. The first kappa shape index (κ1) is 9.80. The van der Waals surface area contributed by atoms with Crippen LogP contribution in [0.1, 0.15) is 0 Å². The molecular weight excluding hydrogens is 165 g/mol. The van der Waals surface area contributed by atoms with E-state index in [1.165, 1.54) is 0 Å². The minimum atomic E-state index is -4.41. The number of alkyl halides is 3. The minimum Gasteiger partial charge on any atom is -0.450 e. The Bertz CT molecular complexity index is 161. The maximum atomic E-state index is 11.3. The van der Waals surface area contributed by atoms with Gasteiger partial charge in [-0.25, -0.2) is 4.79 Å². The average Bonchev–Trinajstić information content (AvgIpc) is 1.78. The van der Waals surface area contributed by atoms with Gasteiger partial charge in [-0.2, -0.15) is 13.2 Å². The largest absolute Gasteiger partial charge is 0.506 e. The van der Waals surface area contributed by atoms with Crippen LogP contribution in [0.3, 0.4) is 0 Å². The highest BCUT2D eigenvalue weighted by Gasteiger charge is 2.21. The summed E-state index contributed by atoms with van der Waals surface area (Å²) in [4.78, 5) is 9.59. The predicted molar refractivity (Wildman–Crippen MR) is 29.2 cm³/mol. The van der Waals surface area contributed by atoms with E-state index in [9.17, 15) is 18.0 Å². The van der Waals surface area contributed by atoms with Crippen LogP contribution in [0.4, 0.5) is 18.0 Å². The van der Waals surface area contributed by atoms with Crippen molar-refractivity contribution in [2.24, 2.45) is 0 Å². The van der Waals surface area contributed by atoms with Gasteiger partial charge in [0.05, 0.1) is 0 Å². The molecule has 0 aromatic carbocycles. The lowest BCUT2D eigenvalue weighted by atomic mass is 10.5. The molecule has 0 aromatic rings. The Hall–Kier alpha value is -1.20. The van der Waals surface area contributed by atoms with Crippen LogP contribution in [0.25, 0.3) is 0 Å². The van der Waals surface area contributed by atoms with E-state index in [4.69, 9.17) is 5.11 Å². The molecule has 0 aliphatic heterocycles. The Balaban J connectivity index is 3.54. The van der Waals surface area contributed by atoms with Gasteiger partial charge in [0.2, 0.25) is 0 Å². The van der Waals surface area contributed by atoms with E-state index in [1.807, 2.05) is 0 Å². The fraction of sp³-hybridized carbons (Fsp3) is 0.400. The molecule has 0 rings (SSSR count). The van der Waals surface area contributed by atoms with Crippen LogP contribution in [0, 0.1) is 0 Å². The van der Waals surface area contributed by atoms with Crippen molar-refractivity contribution >= 4 is 6.16 Å². The zero-order valence-corrected chi connectivity index (χ0v) is 5.26. The molecule has 3 nitrogen and oxygen atoms in total. The van der Waals surface area contributed by atoms with Gasteiger partial charge in [0.25, 0.3) is 0 Å². The highest BCUT2D eigenvalue weighted by atomic mass is 19.4. The van der Waals surface area contributed by atoms with Gasteiger partial charge in [0, 0.05) is 6.08 Å². The van der Waals surface area contributed by atoms with E-state index >= 15 is 0 Å². The van der Waals surface area contributed by atoms with E-state index in [1.54, 1.807) is 0 Å². The van der Waals surface area contributed by atoms with E-state index in [0.717, 1.165) is 0 Å². The van der Waals surface area contributed by atoms with Crippen LogP contribution in [-0.2, 0) is 4.74 Å². The Kier molecular flexibility index (Phi) is 3.43. The van der Waals surface area contributed by atoms with Gasteiger partial charge < -0.3 is 9.84 Å². The van der Waals surface area contributed by atoms with E-state index < -0.39 is 18.9 Å². The molecule has 0 aliphatic carbocycles. The predicted octanol–water partition coefficient (Wildman–Crippen LogP) is 1.80. The highest BCUT2D eigenvalue weighted by Crippen LogP contribution is 2.15. The second kappa shape index (κ2) is 3.85. The number of hydrogen-bond acceptors (Lipinski definition) is 2. The number of carboxylic acid groups (broad SMARTS) is 1. The summed E-state index contributed by atoms with van der Waals surface area (Å²) in [5.41, 5.74) is 0. The van der Waals surface area contributed by atoms with Gasteiger partial charge >= 0.3 is 12.3 Å². The molecule has 64 valence electrons. The molecular formula is C5H5F3O3. The summed E-state index contributed by atoms with van der Waals surface area (Å²) in [6.45, 7) is -0.588. The molecule has 0 saturated heterocycles. The van der Waals surface area contributed by atoms with Gasteiger partial charge in [0.15, 0.2) is 0 Å². The van der Waals surface area contributed by atoms with Crippen molar-refractivity contribution in [3.8, 4) is 0 Å². The summed E-state index contributed by atoms with van der Waals surface area (Å²) >= 11 is 0. The van der Waals surface area contributed by atoms with E-state index in [0.29, 0.717) is 6.08 Å². The van der Waals surface area contributed by atoms with Crippen molar-refractivity contribution in [1.82, 2.24) is 0 Å². The van der Waals surface area contributed by atoms with Gasteiger partial charge in [-0.05, 0) is 6.08 Å². The smallest absolute Gasteiger partial charge is 0.450 e. The number of carbonyl (C=O) groups is 1. The molecule has 0 bridgehead atoms. The summed E-state index contributed by atoms with van der Waals surface area (Å²) in [6, 6.07) is 0. The number of hydrogen-bond donors (Lipinski definition) is 1. The number of rotatable bonds is 2. The summed E-state index contributed by atoms with van der Waals surface area (Å²) < 4.78 is 37.6. The summed E-state index contributed by atoms with van der Waals surface area (Å²) in [7, 11) is 0. The van der Waals surface area contributed by atoms with Crippen LogP contribution in [0.5, 0.6) is 0 Å². The molecule has 0 unspecified atom stereocenters. The molecule has 0 amide bonds. The van der Waals surface area contributed by atoms with Crippen molar-refractivity contribution in [2.75, 3.05) is 6.61 Å². The Morgan fingerprint density at radius 2 is 2.09 bits per heavy atom. The van der Waals surface area contributed by atoms with Gasteiger partial charge in [0.1, 0.15) is 6.61 Å². The molecule has 0 spiro atoms. The molecule has 0 atom stereocenters. The second-order valence-corrected chi connectivity index (χ2v) is 1.52. The number of halogens is 3. The summed E-state index contributed by atoms with van der Waals surface area (Å²) in [5.74, 6) is 0. The number of allylic oxidation sites excluding steroid dienone is 1. The standard InChI is InChI=1S/C5H5F3O3/c6-5(7,8)2-1-3-11-4(9)10/h1-2H,3H2,(H,9,10). The molecule has 0 fully saturated rings. The third-order valence-corrected chi connectivity index (χ3v) is 0.610. The first-order valence-electron chi connectivity index (χ1n) is 2.52. The van der Waals surface area contributed by atoms with Crippen LogP contribution in [0.2, 0.25) is 0 Å². The zero-order valence-electron chi connectivity index (χ0n) is 5.26. The van der Waals surface area contributed by atoms with Crippen molar-refractivity contribution in [1.29, 1.82) is 0 Å².